The molecule has 8 heteroatoms. The van der Waals surface area contributed by atoms with Crippen LogP contribution in [0.15, 0.2) is 50.6 Å². The van der Waals surface area contributed by atoms with E-state index < -0.39 is 0 Å². The van der Waals surface area contributed by atoms with Crippen LogP contribution in [-0.4, -0.2) is 27.2 Å². The third-order valence-electron chi connectivity index (χ3n) is 3.14. The Morgan fingerprint density at radius 3 is 2.96 bits per heavy atom. The van der Waals surface area contributed by atoms with Gasteiger partial charge in [0, 0.05) is 10.2 Å². The second kappa shape index (κ2) is 7.10. The van der Waals surface area contributed by atoms with E-state index in [9.17, 15) is 0 Å². The van der Waals surface area contributed by atoms with Crippen LogP contribution in [0.1, 0.15) is 5.76 Å². The number of furan rings is 1. The highest BCUT2D eigenvalue weighted by molar-refractivity contribution is 9.10. The second-order valence-electron chi connectivity index (χ2n) is 4.72. The number of nitrogen functional groups attached to an aromatic ring is 1. The van der Waals surface area contributed by atoms with Crippen LogP contribution in [0, 0.1) is 6.92 Å². The first-order chi connectivity index (χ1) is 11.1. The van der Waals surface area contributed by atoms with Crippen LogP contribution in [0.5, 0.6) is 5.75 Å². The summed E-state index contributed by atoms with van der Waals surface area (Å²) in [6.07, 6.45) is 1.61. The molecule has 0 aliphatic heterocycles. The van der Waals surface area contributed by atoms with Gasteiger partial charge in [-0.15, -0.1) is 10.2 Å². The van der Waals surface area contributed by atoms with Gasteiger partial charge in [0.15, 0.2) is 5.82 Å². The summed E-state index contributed by atoms with van der Waals surface area (Å²) in [4.78, 5) is 0. The van der Waals surface area contributed by atoms with Crippen LogP contribution in [0.25, 0.3) is 11.4 Å². The van der Waals surface area contributed by atoms with Crippen molar-refractivity contribution in [3.8, 4) is 17.1 Å². The Morgan fingerprint density at radius 2 is 2.22 bits per heavy atom. The molecule has 23 heavy (non-hydrogen) atoms. The molecular weight excluding hydrogens is 380 g/mol. The van der Waals surface area contributed by atoms with Gasteiger partial charge in [-0.1, -0.05) is 33.8 Å². The van der Waals surface area contributed by atoms with Crippen LogP contribution in [0.2, 0.25) is 0 Å². The highest BCUT2D eigenvalue weighted by Gasteiger charge is 2.15. The first-order valence-corrected chi connectivity index (χ1v) is 8.69. The second-order valence-corrected chi connectivity index (χ2v) is 6.70. The molecule has 120 valence electrons. The van der Waals surface area contributed by atoms with Gasteiger partial charge in [0.25, 0.3) is 0 Å². The smallest absolute Gasteiger partial charge is 0.210 e. The number of hydrogen-bond acceptors (Lipinski definition) is 6. The highest BCUT2D eigenvalue weighted by Crippen LogP contribution is 2.25. The lowest BCUT2D eigenvalue weighted by atomic mass is 10.2. The molecule has 0 spiro atoms. The topological polar surface area (TPSA) is 79.1 Å². The lowest BCUT2D eigenvalue weighted by Crippen LogP contribution is -2.12. The number of nitrogens with two attached hydrogens (primary N) is 1. The minimum absolute atomic E-state index is 0.550. The quantitative estimate of drug-likeness (QED) is 0.391. The van der Waals surface area contributed by atoms with E-state index in [2.05, 4.69) is 26.1 Å². The van der Waals surface area contributed by atoms with Gasteiger partial charge in [0.2, 0.25) is 5.16 Å². The number of aromatic nitrogens is 3. The van der Waals surface area contributed by atoms with Crippen molar-refractivity contribution in [3.63, 3.8) is 0 Å². The Hall–Kier alpha value is -1.93. The van der Waals surface area contributed by atoms with Crippen molar-refractivity contribution in [1.29, 1.82) is 0 Å². The van der Waals surface area contributed by atoms with E-state index in [1.54, 1.807) is 6.26 Å². The van der Waals surface area contributed by atoms with Crippen LogP contribution in [-0.2, 0) is 0 Å². The zero-order valence-corrected chi connectivity index (χ0v) is 14.8. The van der Waals surface area contributed by atoms with Crippen LogP contribution in [0.4, 0.5) is 0 Å². The van der Waals surface area contributed by atoms with Crippen molar-refractivity contribution < 1.29 is 9.15 Å². The summed E-state index contributed by atoms with van der Waals surface area (Å²) < 4.78 is 13.4. The fourth-order valence-corrected chi connectivity index (χ4v) is 3.08. The lowest BCUT2D eigenvalue weighted by molar-refractivity contribution is 0.343. The first-order valence-electron chi connectivity index (χ1n) is 6.91. The first kappa shape index (κ1) is 15.9. The van der Waals surface area contributed by atoms with Crippen molar-refractivity contribution in [2.45, 2.75) is 12.1 Å². The molecule has 2 heterocycles. The fraction of sp³-hybridized carbons (Fsp3) is 0.200. The van der Waals surface area contributed by atoms with Crippen LogP contribution in [0.3, 0.4) is 0 Å². The van der Waals surface area contributed by atoms with E-state index >= 15 is 0 Å². The van der Waals surface area contributed by atoms with Gasteiger partial charge in [-0.2, -0.15) is 0 Å². The van der Waals surface area contributed by atoms with Gasteiger partial charge in [0.1, 0.15) is 11.5 Å². The molecule has 6 nitrogen and oxygen atoms in total. The maximum Gasteiger partial charge on any atom is 0.210 e. The molecule has 0 aliphatic rings. The molecule has 0 radical (unpaired) electrons. The van der Waals surface area contributed by atoms with E-state index in [-0.39, 0.29) is 0 Å². The molecule has 0 amide bonds. The predicted molar refractivity (Wildman–Crippen MR) is 93.0 cm³/mol. The van der Waals surface area contributed by atoms with Crippen molar-refractivity contribution in [1.82, 2.24) is 14.9 Å². The number of aryl methyl sites for hydroxylation is 1. The van der Waals surface area contributed by atoms with Gasteiger partial charge in [-0.25, -0.2) is 4.68 Å². The Balaban J connectivity index is 1.57. The minimum Gasteiger partial charge on any atom is -0.493 e. The van der Waals surface area contributed by atoms with E-state index in [4.69, 9.17) is 15.0 Å². The van der Waals surface area contributed by atoms with Crippen molar-refractivity contribution in [3.05, 3.63) is 46.8 Å². The number of thioether (sulfide) groups is 1. The molecule has 0 aliphatic carbocycles. The van der Waals surface area contributed by atoms with Crippen LogP contribution < -0.4 is 10.6 Å². The number of halogens is 1. The monoisotopic (exact) mass is 394 g/mol. The molecule has 0 unspecified atom stereocenters. The largest absolute Gasteiger partial charge is 0.493 e. The van der Waals surface area contributed by atoms with Crippen molar-refractivity contribution in [2.75, 3.05) is 18.2 Å². The van der Waals surface area contributed by atoms with Gasteiger partial charge in [0.05, 0.1) is 18.4 Å². The van der Waals surface area contributed by atoms with E-state index in [0.717, 1.165) is 21.5 Å². The van der Waals surface area contributed by atoms with Gasteiger partial charge in [-0.3, -0.25) is 0 Å². The maximum atomic E-state index is 6.06. The number of benzene rings is 1. The number of rotatable bonds is 6. The van der Waals surface area contributed by atoms with Gasteiger partial charge in [-0.05, 0) is 31.2 Å². The molecule has 2 aromatic heterocycles. The molecule has 3 rings (SSSR count). The summed E-state index contributed by atoms with van der Waals surface area (Å²) in [6, 6.07) is 9.56. The molecule has 0 bridgehead atoms. The Labute approximate surface area is 146 Å². The SMILES string of the molecule is Cc1occc1-c1nnc(SCCOc2cccc(Br)c2)n1N. The Kier molecular flexibility index (Phi) is 4.92. The summed E-state index contributed by atoms with van der Waals surface area (Å²) in [7, 11) is 0. The molecule has 1 aromatic carbocycles. The summed E-state index contributed by atoms with van der Waals surface area (Å²) in [6.45, 7) is 2.41. The molecule has 2 N–H and O–H groups in total. The summed E-state index contributed by atoms with van der Waals surface area (Å²) >= 11 is 4.91. The number of ether oxygens (including phenoxy) is 1. The van der Waals surface area contributed by atoms with Gasteiger partial charge < -0.3 is 15.0 Å². The number of hydrogen-bond donors (Lipinski definition) is 1. The average molecular weight is 395 g/mol. The van der Waals surface area contributed by atoms with E-state index in [1.807, 2.05) is 37.3 Å². The van der Waals surface area contributed by atoms with E-state index in [0.29, 0.717) is 23.3 Å². The molecular formula is C15H15BrN4O2S. The maximum absolute atomic E-state index is 6.06. The Morgan fingerprint density at radius 1 is 1.35 bits per heavy atom. The Bertz CT molecular complexity index is 802. The zero-order chi connectivity index (χ0) is 16.2. The average Bonchev–Trinajstić information content (AvgIpc) is 3.10. The molecule has 0 fully saturated rings. The number of nitrogens with zero attached hydrogens (tertiary/aromatic N) is 3. The minimum atomic E-state index is 0.550. The zero-order valence-electron chi connectivity index (χ0n) is 12.4. The molecule has 0 saturated carbocycles. The third-order valence-corrected chi connectivity index (χ3v) is 4.54. The molecule has 3 aromatic rings. The normalized spacial score (nSPS) is 10.9. The van der Waals surface area contributed by atoms with Crippen LogP contribution >= 0.6 is 27.7 Å². The van der Waals surface area contributed by atoms with E-state index in [1.165, 1.54) is 16.4 Å². The highest BCUT2D eigenvalue weighted by atomic mass is 79.9. The van der Waals surface area contributed by atoms with Crippen molar-refractivity contribution >= 4 is 27.7 Å². The summed E-state index contributed by atoms with van der Waals surface area (Å²) in [5, 5.41) is 8.88. The summed E-state index contributed by atoms with van der Waals surface area (Å²) in [5.41, 5.74) is 0.845. The fourth-order valence-electron chi connectivity index (χ4n) is 2.03. The molecule has 0 saturated heterocycles. The standard InChI is InChI=1S/C15H15BrN4O2S/c1-10-13(5-6-21-10)14-18-19-15(20(14)17)23-8-7-22-12-4-2-3-11(16)9-12/h2-6,9H,7-8,17H2,1H3. The van der Waals surface area contributed by atoms with Crippen molar-refractivity contribution in [2.24, 2.45) is 0 Å². The third kappa shape index (κ3) is 3.70. The summed E-state index contributed by atoms with van der Waals surface area (Å²) in [5.74, 6) is 8.95. The lowest BCUT2D eigenvalue weighted by Gasteiger charge is -2.06. The molecule has 0 atom stereocenters. The van der Waals surface area contributed by atoms with Gasteiger partial charge >= 0.3 is 0 Å². The predicted octanol–water partition coefficient (Wildman–Crippen LogP) is 3.49.